The molecule has 0 bridgehead atoms. The molecule has 0 saturated carbocycles. The van der Waals surface area contributed by atoms with Crippen LogP contribution in [0, 0.1) is 5.82 Å². The normalized spacial score (nSPS) is 11.0. The van der Waals surface area contributed by atoms with Crippen LogP contribution in [-0.2, 0) is 11.2 Å². The van der Waals surface area contributed by atoms with Crippen LogP contribution in [0.1, 0.15) is 12.5 Å². The fraction of sp³-hybridized carbons (Fsp3) is 0.333. The number of hydrogen-bond acceptors (Lipinski definition) is 4. The lowest BCUT2D eigenvalue weighted by Gasteiger charge is -2.15. The minimum Gasteiger partial charge on any atom is -0.493 e. The summed E-state index contributed by atoms with van der Waals surface area (Å²) in [5.41, 5.74) is 1.43. The second-order valence-electron chi connectivity index (χ2n) is 6.08. The zero-order chi connectivity index (χ0) is 21.1. The SMILES string of the molecule is CCOc1cc(NC(=NC)NCCNC(=O)Cc2cccc(F)c2)ccc1OC. The van der Waals surface area contributed by atoms with Crippen LogP contribution >= 0.6 is 0 Å². The molecule has 0 atom stereocenters. The number of carbonyl (C=O) groups is 1. The van der Waals surface area contributed by atoms with Gasteiger partial charge in [0.25, 0.3) is 0 Å². The van der Waals surface area contributed by atoms with Crippen LogP contribution in [0.2, 0.25) is 0 Å². The summed E-state index contributed by atoms with van der Waals surface area (Å²) >= 11 is 0. The molecule has 0 heterocycles. The fourth-order valence-electron chi connectivity index (χ4n) is 2.62. The molecule has 0 aromatic heterocycles. The third-order valence-corrected chi connectivity index (χ3v) is 3.94. The van der Waals surface area contributed by atoms with Crippen molar-refractivity contribution in [1.29, 1.82) is 0 Å². The Morgan fingerprint density at radius 3 is 2.59 bits per heavy atom. The molecule has 1 amide bonds. The van der Waals surface area contributed by atoms with Crippen molar-refractivity contribution in [1.82, 2.24) is 10.6 Å². The number of benzene rings is 2. The molecule has 29 heavy (non-hydrogen) atoms. The monoisotopic (exact) mass is 402 g/mol. The summed E-state index contributed by atoms with van der Waals surface area (Å²) in [5.74, 6) is 1.33. The summed E-state index contributed by atoms with van der Waals surface area (Å²) in [6, 6.07) is 11.5. The molecule has 0 saturated heterocycles. The molecule has 7 nitrogen and oxygen atoms in total. The molecular weight excluding hydrogens is 375 g/mol. The van der Waals surface area contributed by atoms with E-state index in [1.54, 1.807) is 26.3 Å². The van der Waals surface area contributed by atoms with Crippen LogP contribution in [0.15, 0.2) is 47.5 Å². The third-order valence-electron chi connectivity index (χ3n) is 3.94. The second-order valence-corrected chi connectivity index (χ2v) is 6.08. The number of amides is 1. The van der Waals surface area contributed by atoms with Crippen LogP contribution in [0.4, 0.5) is 10.1 Å². The summed E-state index contributed by atoms with van der Waals surface area (Å²) in [6.45, 7) is 3.31. The molecule has 156 valence electrons. The Bertz CT molecular complexity index is 842. The largest absolute Gasteiger partial charge is 0.493 e. The van der Waals surface area contributed by atoms with Crippen molar-refractivity contribution in [3.05, 3.63) is 53.8 Å². The first-order valence-electron chi connectivity index (χ1n) is 9.35. The van der Waals surface area contributed by atoms with E-state index in [1.165, 1.54) is 12.1 Å². The molecule has 2 aromatic carbocycles. The van der Waals surface area contributed by atoms with Crippen molar-refractivity contribution in [2.75, 3.05) is 39.2 Å². The van der Waals surface area contributed by atoms with Crippen LogP contribution < -0.4 is 25.4 Å². The number of hydrogen-bond donors (Lipinski definition) is 3. The minimum absolute atomic E-state index is 0.136. The summed E-state index contributed by atoms with van der Waals surface area (Å²) < 4.78 is 24.0. The van der Waals surface area contributed by atoms with Crippen molar-refractivity contribution >= 4 is 17.6 Å². The van der Waals surface area contributed by atoms with E-state index >= 15 is 0 Å². The fourth-order valence-corrected chi connectivity index (χ4v) is 2.62. The highest BCUT2D eigenvalue weighted by Gasteiger charge is 2.07. The predicted octanol–water partition coefficient (Wildman–Crippen LogP) is 2.58. The van der Waals surface area contributed by atoms with E-state index in [0.29, 0.717) is 42.7 Å². The Kier molecular flexibility index (Phi) is 8.75. The number of nitrogens with zero attached hydrogens (tertiary/aromatic N) is 1. The van der Waals surface area contributed by atoms with Gasteiger partial charge in [0.05, 0.1) is 20.1 Å². The first-order chi connectivity index (χ1) is 14.0. The van der Waals surface area contributed by atoms with Crippen LogP contribution in [0.25, 0.3) is 0 Å². The van der Waals surface area contributed by atoms with Gasteiger partial charge in [-0.1, -0.05) is 12.1 Å². The first-order valence-corrected chi connectivity index (χ1v) is 9.35. The van der Waals surface area contributed by atoms with E-state index in [-0.39, 0.29) is 18.1 Å². The average molecular weight is 402 g/mol. The number of aliphatic imine (C=N–C) groups is 1. The van der Waals surface area contributed by atoms with Gasteiger partial charge in [0, 0.05) is 31.9 Å². The zero-order valence-electron chi connectivity index (χ0n) is 16.9. The lowest BCUT2D eigenvalue weighted by Crippen LogP contribution is -2.38. The Hall–Kier alpha value is -3.29. The van der Waals surface area contributed by atoms with Crippen LogP contribution in [0.5, 0.6) is 11.5 Å². The van der Waals surface area contributed by atoms with Crippen molar-refractivity contribution in [3.8, 4) is 11.5 Å². The number of halogens is 1. The molecule has 2 aromatic rings. The van der Waals surface area contributed by atoms with Gasteiger partial charge in [-0.05, 0) is 36.8 Å². The molecule has 0 fully saturated rings. The van der Waals surface area contributed by atoms with Gasteiger partial charge in [0.2, 0.25) is 5.91 Å². The highest BCUT2D eigenvalue weighted by Crippen LogP contribution is 2.30. The predicted molar refractivity (Wildman–Crippen MR) is 112 cm³/mol. The topological polar surface area (TPSA) is 84.0 Å². The molecule has 0 spiro atoms. The Labute approximate surface area is 170 Å². The maximum Gasteiger partial charge on any atom is 0.224 e. The zero-order valence-corrected chi connectivity index (χ0v) is 16.9. The van der Waals surface area contributed by atoms with Crippen molar-refractivity contribution < 1.29 is 18.7 Å². The lowest BCUT2D eigenvalue weighted by atomic mass is 10.1. The van der Waals surface area contributed by atoms with E-state index in [9.17, 15) is 9.18 Å². The third kappa shape index (κ3) is 7.33. The van der Waals surface area contributed by atoms with Crippen LogP contribution in [-0.4, -0.2) is 45.7 Å². The van der Waals surface area contributed by atoms with Crippen molar-refractivity contribution in [2.24, 2.45) is 4.99 Å². The summed E-state index contributed by atoms with van der Waals surface area (Å²) in [7, 11) is 3.25. The van der Waals surface area contributed by atoms with Gasteiger partial charge in [-0.2, -0.15) is 0 Å². The average Bonchev–Trinajstić information content (AvgIpc) is 2.70. The minimum atomic E-state index is -0.349. The highest BCUT2D eigenvalue weighted by atomic mass is 19.1. The maximum atomic E-state index is 13.2. The number of guanidine groups is 1. The van der Waals surface area contributed by atoms with Crippen LogP contribution in [0.3, 0.4) is 0 Å². The van der Waals surface area contributed by atoms with Gasteiger partial charge in [0.1, 0.15) is 5.82 Å². The van der Waals surface area contributed by atoms with E-state index in [2.05, 4.69) is 20.9 Å². The van der Waals surface area contributed by atoms with Gasteiger partial charge in [-0.25, -0.2) is 4.39 Å². The quantitative estimate of drug-likeness (QED) is 0.341. The first kappa shape index (κ1) is 22.0. The number of nitrogens with one attached hydrogen (secondary N) is 3. The summed E-state index contributed by atoms with van der Waals surface area (Å²) in [4.78, 5) is 16.1. The number of rotatable bonds is 9. The molecule has 0 radical (unpaired) electrons. The van der Waals surface area contributed by atoms with Crippen molar-refractivity contribution in [3.63, 3.8) is 0 Å². The smallest absolute Gasteiger partial charge is 0.224 e. The summed E-state index contributed by atoms with van der Waals surface area (Å²) in [5, 5.41) is 9.07. The standard InChI is InChI=1S/C21H27FN4O3/c1-4-29-19-14-17(8-9-18(19)28-3)26-21(23-2)25-11-10-24-20(27)13-15-6-5-7-16(22)12-15/h5-9,12,14H,4,10-11,13H2,1-3H3,(H,24,27)(H2,23,25,26). The molecule has 0 aliphatic rings. The highest BCUT2D eigenvalue weighted by molar-refractivity contribution is 5.93. The molecule has 8 heteroatoms. The van der Waals surface area contributed by atoms with E-state index < -0.39 is 0 Å². The van der Waals surface area contributed by atoms with Gasteiger partial charge >= 0.3 is 0 Å². The number of anilines is 1. The molecular formula is C21H27FN4O3. The Balaban J connectivity index is 1.79. The molecule has 0 aliphatic heterocycles. The summed E-state index contributed by atoms with van der Waals surface area (Å²) in [6.07, 6.45) is 0.136. The van der Waals surface area contributed by atoms with Crippen molar-refractivity contribution in [2.45, 2.75) is 13.3 Å². The Morgan fingerprint density at radius 2 is 1.90 bits per heavy atom. The lowest BCUT2D eigenvalue weighted by molar-refractivity contribution is -0.120. The molecule has 0 unspecified atom stereocenters. The number of methoxy groups -OCH3 is 1. The van der Waals surface area contributed by atoms with Gasteiger partial charge in [0.15, 0.2) is 17.5 Å². The van der Waals surface area contributed by atoms with Gasteiger partial charge in [-0.3, -0.25) is 9.79 Å². The Morgan fingerprint density at radius 1 is 1.10 bits per heavy atom. The molecule has 0 aliphatic carbocycles. The molecule has 2 rings (SSSR count). The molecule has 3 N–H and O–H groups in total. The second kappa shape index (κ2) is 11.5. The number of ether oxygens (including phenoxy) is 2. The van der Waals surface area contributed by atoms with Gasteiger partial charge < -0.3 is 25.4 Å². The van der Waals surface area contributed by atoms with E-state index in [1.807, 2.05) is 25.1 Å². The maximum absolute atomic E-state index is 13.2. The van der Waals surface area contributed by atoms with Gasteiger partial charge in [-0.15, -0.1) is 0 Å². The van der Waals surface area contributed by atoms with E-state index in [4.69, 9.17) is 9.47 Å². The van der Waals surface area contributed by atoms with E-state index in [0.717, 1.165) is 5.69 Å². The number of carbonyl (C=O) groups excluding carboxylic acids is 1.